The van der Waals surface area contributed by atoms with Crippen LogP contribution in [0.4, 0.5) is 0 Å². The summed E-state index contributed by atoms with van der Waals surface area (Å²) in [4.78, 5) is 11.3. The summed E-state index contributed by atoms with van der Waals surface area (Å²) < 4.78 is 6.34. The quantitative estimate of drug-likeness (QED) is 0.889. The van der Waals surface area contributed by atoms with Gasteiger partial charge in [-0.05, 0) is 47.4 Å². The molecule has 2 rings (SSSR count). The number of hydrogen-bond acceptors (Lipinski definition) is 3. The third kappa shape index (κ3) is 2.98. The minimum absolute atomic E-state index is 0.370. The van der Waals surface area contributed by atoms with Crippen molar-refractivity contribution in [3.05, 3.63) is 28.2 Å². The van der Waals surface area contributed by atoms with Crippen molar-refractivity contribution in [3.63, 3.8) is 0 Å². The Morgan fingerprint density at radius 2 is 2.41 bits per heavy atom. The van der Waals surface area contributed by atoms with Crippen molar-refractivity contribution in [2.45, 2.75) is 18.9 Å². The van der Waals surface area contributed by atoms with E-state index in [0.29, 0.717) is 28.4 Å². The average molecular weight is 299 g/mol. The summed E-state index contributed by atoms with van der Waals surface area (Å²) in [6.07, 6.45) is 2.29. The maximum Gasteiger partial charge on any atom is 0.253 e. The van der Waals surface area contributed by atoms with Crippen molar-refractivity contribution in [1.29, 1.82) is 0 Å². The summed E-state index contributed by atoms with van der Waals surface area (Å²) in [6, 6.07) is 5.74. The number of nitrogens with one attached hydrogen (secondary N) is 1. The minimum atomic E-state index is -0.480. The standard InChI is InChI=1S/C12H15BrN2O2/c13-9-4-1-5-10(11(9)12(14)16)17-7-8-3-2-6-15-8/h1,4-5,8,15H,2-3,6-7H2,(H2,14,16). The molecule has 0 saturated carbocycles. The Bertz CT molecular complexity index is 417. The topological polar surface area (TPSA) is 64.4 Å². The lowest BCUT2D eigenvalue weighted by Crippen LogP contribution is -2.28. The smallest absolute Gasteiger partial charge is 0.253 e. The Hall–Kier alpha value is -1.07. The maximum absolute atomic E-state index is 11.3. The van der Waals surface area contributed by atoms with Crippen LogP contribution in [0.25, 0.3) is 0 Å². The fourth-order valence-electron chi connectivity index (χ4n) is 1.95. The lowest BCUT2D eigenvalue weighted by atomic mass is 10.2. The number of halogens is 1. The molecule has 0 bridgehead atoms. The van der Waals surface area contributed by atoms with Gasteiger partial charge in [-0.1, -0.05) is 6.07 Å². The Morgan fingerprint density at radius 3 is 3.06 bits per heavy atom. The molecule has 17 heavy (non-hydrogen) atoms. The van der Waals surface area contributed by atoms with Crippen molar-refractivity contribution < 1.29 is 9.53 Å². The Kier molecular flexibility index (Phi) is 4.02. The van der Waals surface area contributed by atoms with Crippen molar-refractivity contribution in [3.8, 4) is 5.75 Å². The van der Waals surface area contributed by atoms with Gasteiger partial charge in [0.1, 0.15) is 12.4 Å². The molecule has 1 unspecified atom stereocenters. The number of carbonyl (C=O) groups excluding carboxylic acids is 1. The summed E-state index contributed by atoms with van der Waals surface area (Å²) in [7, 11) is 0. The second-order valence-corrected chi connectivity index (χ2v) is 4.94. The van der Waals surface area contributed by atoms with Gasteiger partial charge in [-0.15, -0.1) is 0 Å². The van der Waals surface area contributed by atoms with Crippen LogP contribution in [0.1, 0.15) is 23.2 Å². The Labute approximate surface area is 109 Å². The van der Waals surface area contributed by atoms with E-state index in [4.69, 9.17) is 10.5 Å². The van der Waals surface area contributed by atoms with Crippen LogP contribution in [0, 0.1) is 0 Å². The molecule has 0 radical (unpaired) electrons. The summed E-state index contributed by atoms with van der Waals surface area (Å²) in [5, 5.41) is 3.34. The zero-order valence-electron chi connectivity index (χ0n) is 9.41. The van der Waals surface area contributed by atoms with Crippen LogP contribution in [-0.4, -0.2) is 25.1 Å². The van der Waals surface area contributed by atoms with Gasteiger partial charge in [-0.25, -0.2) is 0 Å². The molecular formula is C12H15BrN2O2. The first-order valence-electron chi connectivity index (χ1n) is 5.63. The van der Waals surface area contributed by atoms with Crippen LogP contribution >= 0.6 is 15.9 Å². The van der Waals surface area contributed by atoms with E-state index in [9.17, 15) is 4.79 Å². The van der Waals surface area contributed by atoms with Crippen LogP contribution in [-0.2, 0) is 0 Å². The van der Waals surface area contributed by atoms with Crippen LogP contribution in [0.3, 0.4) is 0 Å². The molecule has 1 atom stereocenters. The molecule has 0 spiro atoms. The van der Waals surface area contributed by atoms with E-state index in [2.05, 4.69) is 21.2 Å². The molecule has 0 aromatic heterocycles. The normalized spacial score (nSPS) is 19.2. The van der Waals surface area contributed by atoms with Crippen LogP contribution in [0.5, 0.6) is 5.75 Å². The predicted molar refractivity (Wildman–Crippen MR) is 69.2 cm³/mol. The third-order valence-corrected chi connectivity index (χ3v) is 3.49. The molecule has 1 fully saturated rings. The van der Waals surface area contributed by atoms with Crippen molar-refractivity contribution >= 4 is 21.8 Å². The van der Waals surface area contributed by atoms with Crippen molar-refractivity contribution in [2.24, 2.45) is 5.73 Å². The van der Waals surface area contributed by atoms with Gasteiger partial charge in [-0.3, -0.25) is 4.79 Å². The molecule has 3 N–H and O–H groups in total. The lowest BCUT2D eigenvalue weighted by molar-refractivity contribution is 0.0995. The minimum Gasteiger partial charge on any atom is -0.491 e. The van der Waals surface area contributed by atoms with Crippen LogP contribution < -0.4 is 15.8 Å². The molecule has 1 amide bonds. The Morgan fingerprint density at radius 1 is 1.59 bits per heavy atom. The number of carbonyl (C=O) groups is 1. The molecule has 5 heteroatoms. The van der Waals surface area contributed by atoms with Crippen LogP contribution in [0.2, 0.25) is 0 Å². The largest absolute Gasteiger partial charge is 0.491 e. The number of nitrogens with two attached hydrogens (primary N) is 1. The molecule has 0 aliphatic carbocycles. The molecule has 4 nitrogen and oxygen atoms in total. The van der Waals surface area contributed by atoms with E-state index in [0.717, 1.165) is 13.0 Å². The van der Waals surface area contributed by atoms with E-state index in [-0.39, 0.29) is 0 Å². The molecule has 1 aliphatic rings. The van der Waals surface area contributed by atoms with Crippen molar-refractivity contribution in [1.82, 2.24) is 5.32 Å². The summed E-state index contributed by atoms with van der Waals surface area (Å²) in [6.45, 7) is 1.60. The van der Waals surface area contributed by atoms with Gasteiger partial charge in [0.25, 0.3) is 5.91 Å². The first-order valence-corrected chi connectivity index (χ1v) is 6.42. The molecule has 1 aliphatic heterocycles. The second kappa shape index (κ2) is 5.51. The number of benzene rings is 1. The molecular weight excluding hydrogens is 284 g/mol. The van der Waals surface area contributed by atoms with Gasteiger partial charge >= 0.3 is 0 Å². The summed E-state index contributed by atoms with van der Waals surface area (Å²) >= 11 is 3.30. The number of amides is 1. The van der Waals surface area contributed by atoms with E-state index in [1.165, 1.54) is 6.42 Å². The molecule has 1 saturated heterocycles. The highest BCUT2D eigenvalue weighted by atomic mass is 79.9. The third-order valence-electron chi connectivity index (χ3n) is 2.82. The first-order chi connectivity index (χ1) is 8.18. The Balaban J connectivity index is 2.09. The zero-order valence-corrected chi connectivity index (χ0v) is 11.0. The van der Waals surface area contributed by atoms with Gasteiger partial charge in [0.2, 0.25) is 0 Å². The summed E-state index contributed by atoms with van der Waals surface area (Å²) in [5.41, 5.74) is 5.74. The van der Waals surface area contributed by atoms with E-state index in [1.54, 1.807) is 12.1 Å². The number of rotatable bonds is 4. The van der Waals surface area contributed by atoms with Crippen LogP contribution in [0.15, 0.2) is 22.7 Å². The maximum atomic E-state index is 11.3. The molecule has 1 aromatic carbocycles. The molecule has 1 aromatic rings. The monoisotopic (exact) mass is 298 g/mol. The highest BCUT2D eigenvalue weighted by molar-refractivity contribution is 9.10. The van der Waals surface area contributed by atoms with E-state index in [1.807, 2.05) is 6.07 Å². The number of hydrogen-bond donors (Lipinski definition) is 2. The fraction of sp³-hybridized carbons (Fsp3) is 0.417. The van der Waals surface area contributed by atoms with Gasteiger partial charge in [-0.2, -0.15) is 0 Å². The number of primary amides is 1. The van der Waals surface area contributed by atoms with E-state index < -0.39 is 5.91 Å². The van der Waals surface area contributed by atoms with Crippen molar-refractivity contribution in [2.75, 3.05) is 13.2 Å². The fourth-order valence-corrected chi connectivity index (χ4v) is 2.50. The SMILES string of the molecule is NC(=O)c1c(Br)cccc1OCC1CCCN1. The number of ether oxygens (including phenoxy) is 1. The summed E-state index contributed by atoms with van der Waals surface area (Å²) in [5.74, 6) is 0.0624. The first kappa shape index (κ1) is 12.4. The lowest BCUT2D eigenvalue weighted by Gasteiger charge is -2.14. The zero-order chi connectivity index (χ0) is 12.3. The van der Waals surface area contributed by atoms with Gasteiger partial charge in [0, 0.05) is 10.5 Å². The molecule has 92 valence electrons. The second-order valence-electron chi connectivity index (χ2n) is 4.08. The highest BCUT2D eigenvalue weighted by Gasteiger charge is 2.17. The van der Waals surface area contributed by atoms with E-state index >= 15 is 0 Å². The highest BCUT2D eigenvalue weighted by Crippen LogP contribution is 2.26. The average Bonchev–Trinajstić information content (AvgIpc) is 2.78. The predicted octanol–water partition coefficient (Wildman–Crippen LogP) is 1.68. The molecule has 1 heterocycles. The van der Waals surface area contributed by atoms with Gasteiger partial charge < -0.3 is 15.8 Å². The van der Waals surface area contributed by atoms with Gasteiger partial charge in [0.15, 0.2) is 0 Å². The van der Waals surface area contributed by atoms with Gasteiger partial charge in [0.05, 0.1) is 5.56 Å².